The van der Waals surface area contributed by atoms with Gasteiger partial charge in [-0.3, -0.25) is 4.90 Å². The van der Waals surface area contributed by atoms with Gasteiger partial charge in [-0.2, -0.15) is 0 Å². The fraction of sp³-hybridized carbons (Fsp3) is 0.700. The third-order valence-electron chi connectivity index (χ3n) is 5.05. The average molecular weight is 333 g/mol. The van der Waals surface area contributed by atoms with Gasteiger partial charge in [0.1, 0.15) is 0 Å². The Bertz CT molecular complexity index is 497. The molecule has 1 aromatic carbocycles. The molecule has 1 saturated heterocycles. The lowest BCUT2D eigenvalue weighted by atomic mass is 9.89. The molecule has 2 aliphatic rings. The molecule has 1 aliphatic heterocycles. The van der Waals surface area contributed by atoms with E-state index in [1.54, 1.807) is 5.56 Å². The van der Waals surface area contributed by atoms with Gasteiger partial charge in [-0.25, -0.2) is 0 Å². The Morgan fingerprint density at radius 2 is 1.74 bits per heavy atom. The zero-order valence-corrected chi connectivity index (χ0v) is 15.8. The molecule has 0 spiro atoms. The number of piperazine rings is 1. The molecule has 0 unspecified atom stereocenters. The first-order valence-electron chi connectivity index (χ1n) is 9.27. The quantitative estimate of drug-likeness (QED) is 0.804. The number of nitrogens with zero attached hydrogens (tertiary/aromatic N) is 1. The third-order valence-corrected chi connectivity index (χ3v) is 6.25. The SMILES string of the molecule is CC(C)(C)Sc1ccccc1[C@H](C1CCCC1)N1CCNCC1. The summed E-state index contributed by atoms with van der Waals surface area (Å²) >= 11 is 2.04. The van der Waals surface area contributed by atoms with E-state index in [0.717, 1.165) is 19.0 Å². The predicted molar refractivity (Wildman–Crippen MR) is 101 cm³/mol. The molecule has 1 heterocycles. The number of nitrogens with one attached hydrogen (secondary N) is 1. The van der Waals surface area contributed by atoms with E-state index in [4.69, 9.17) is 0 Å². The van der Waals surface area contributed by atoms with E-state index < -0.39 is 0 Å². The summed E-state index contributed by atoms with van der Waals surface area (Å²) in [5.41, 5.74) is 1.58. The number of hydrogen-bond donors (Lipinski definition) is 1. The third kappa shape index (κ3) is 4.52. The topological polar surface area (TPSA) is 15.3 Å². The minimum absolute atomic E-state index is 0.264. The van der Waals surface area contributed by atoms with Crippen molar-refractivity contribution >= 4 is 11.8 Å². The first-order valence-corrected chi connectivity index (χ1v) is 10.1. The molecule has 2 nitrogen and oxygen atoms in total. The molecule has 1 aromatic rings. The molecule has 1 saturated carbocycles. The fourth-order valence-corrected chi connectivity index (χ4v) is 5.24. The fourth-order valence-electron chi connectivity index (χ4n) is 4.13. The zero-order chi connectivity index (χ0) is 16.3. The van der Waals surface area contributed by atoms with Gasteiger partial charge in [0.05, 0.1) is 0 Å². The van der Waals surface area contributed by atoms with Crippen LogP contribution in [0, 0.1) is 5.92 Å². The van der Waals surface area contributed by atoms with E-state index in [1.165, 1.54) is 43.7 Å². The Hall–Kier alpha value is -0.510. The largest absolute Gasteiger partial charge is 0.314 e. The van der Waals surface area contributed by atoms with Crippen LogP contribution < -0.4 is 5.32 Å². The highest BCUT2D eigenvalue weighted by Crippen LogP contribution is 2.44. The second-order valence-corrected chi connectivity index (χ2v) is 9.90. The molecule has 1 aliphatic carbocycles. The van der Waals surface area contributed by atoms with Crippen molar-refractivity contribution < 1.29 is 0 Å². The minimum Gasteiger partial charge on any atom is -0.314 e. The average Bonchev–Trinajstić information content (AvgIpc) is 3.03. The maximum atomic E-state index is 3.52. The Labute approximate surface area is 146 Å². The van der Waals surface area contributed by atoms with Crippen LogP contribution in [0.1, 0.15) is 58.1 Å². The second-order valence-electron chi connectivity index (χ2n) is 8.03. The van der Waals surface area contributed by atoms with Crippen molar-refractivity contribution in [1.82, 2.24) is 10.2 Å². The molecule has 128 valence electrons. The molecule has 0 bridgehead atoms. The van der Waals surface area contributed by atoms with Gasteiger partial charge in [0, 0.05) is 41.9 Å². The summed E-state index contributed by atoms with van der Waals surface area (Å²) in [6.07, 6.45) is 5.65. The highest BCUT2D eigenvalue weighted by Gasteiger charge is 2.33. The Morgan fingerprint density at radius 3 is 2.39 bits per heavy atom. The number of rotatable bonds is 4. The smallest absolute Gasteiger partial charge is 0.0388 e. The normalized spacial score (nSPS) is 22.4. The zero-order valence-electron chi connectivity index (χ0n) is 15.0. The molecule has 3 rings (SSSR count). The molecule has 3 heteroatoms. The van der Waals surface area contributed by atoms with Crippen LogP contribution >= 0.6 is 11.8 Å². The lowest BCUT2D eigenvalue weighted by Gasteiger charge is -2.39. The van der Waals surface area contributed by atoms with Crippen molar-refractivity contribution in [2.24, 2.45) is 5.92 Å². The van der Waals surface area contributed by atoms with Crippen molar-refractivity contribution in [3.63, 3.8) is 0 Å². The highest BCUT2D eigenvalue weighted by molar-refractivity contribution is 8.00. The van der Waals surface area contributed by atoms with Gasteiger partial charge in [0.2, 0.25) is 0 Å². The highest BCUT2D eigenvalue weighted by atomic mass is 32.2. The van der Waals surface area contributed by atoms with Crippen molar-refractivity contribution in [2.45, 2.75) is 62.1 Å². The monoisotopic (exact) mass is 332 g/mol. The summed E-state index contributed by atoms with van der Waals surface area (Å²) < 4.78 is 0.264. The lowest BCUT2D eigenvalue weighted by Crippen LogP contribution is -2.46. The van der Waals surface area contributed by atoms with Crippen LogP contribution in [-0.2, 0) is 0 Å². The summed E-state index contributed by atoms with van der Waals surface area (Å²) in [5.74, 6) is 0.842. The molecule has 0 radical (unpaired) electrons. The maximum absolute atomic E-state index is 3.52. The van der Waals surface area contributed by atoms with Crippen molar-refractivity contribution in [3.8, 4) is 0 Å². The Morgan fingerprint density at radius 1 is 1.09 bits per heavy atom. The summed E-state index contributed by atoms with van der Waals surface area (Å²) in [7, 11) is 0. The van der Waals surface area contributed by atoms with Gasteiger partial charge in [0.25, 0.3) is 0 Å². The van der Waals surface area contributed by atoms with E-state index >= 15 is 0 Å². The molecular weight excluding hydrogens is 300 g/mol. The standard InChI is InChI=1S/C20H32N2S/c1-20(2,3)23-18-11-7-6-10-17(18)19(16-8-4-5-9-16)22-14-12-21-13-15-22/h6-7,10-11,16,19,21H,4-5,8-9,12-15H2,1-3H3/t19-/m0/s1. The van der Waals surface area contributed by atoms with Crippen LogP contribution in [0.15, 0.2) is 29.2 Å². The Balaban J connectivity index is 1.92. The number of thioether (sulfide) groups is 1. The second kappa shape index (κ2) is 7.58. The molecule has 1 atom stereocenters. The van der Waals surface area contributed by atoms with Crippen LogP contribution in [0.4, 0.5) is 0 Å². The van der Waals surface area contributed by atoms with Crippen molar-refractivity contribution in [3.05, 3.63) is 29.8 Å². The molecule has 1 N–H and O–H groups in total. The van der Waals surface area contributed by atoms with Crippen LogP contribution in [0.25, 0.3) is 0 Å². The molecule has 0 aromatic heterocycles. The summed E-state index contributed by atoms with van der Waals surface area (Å²) in [5, 5.41) is 3.52. The van der Waals surface area contributed by atoms with Crippen LogP contribution in [-0.4, -0.2) is 35.8 Å². The van der Waals surface area contributed by atoms with E-state index in [9.17, 15) is 0 Å². The predicted octanol–water partition coefficient (Wildman–Crippen LogP) is 4.71. The van der Waals surface area contributed by atoms with E-state index in [-0.39, 0.29) is 4.75 Å². The summed E-state index contributed by atoms with van der Waals surface area (Å²) in [4.78, 5) is 4.25. The molecule has 2 fully saturated rings. The van der Waals surface area contributed by atoms with Crippen LogP contribution in [0.3, 0.4) is 0 Å². The van der Waals surface area contributed by atoms with Gasteiger partial charge < -0.3 is 5.32 Å². The van der Waals surface area contributed by atoms with Gasteiger partial charge in [-0.05, 0) is 30.4 Å². The van der Waals surface area contributed by atoms with Crippen molar-refractivity contribution in [1.29, 1.82) is 0 Å². The van der Waals surface area contributed by atoms with Crippen LogP contribution in [0.2, 0.25) is 0 Å². The van der Waals surface area contributed by atoms with Gasteiger partial charge >= 0.3 is 0 Å². The molecule has 0 amide bonds. The van der Waals surface area contributed by atoms with Crippen molar-refractivity contribution in [2.75, 3.05) is 26.2 Å². The molecular formula is C20H32N2S. The minimum atomic E-state index is 0.264. The van der Waals surface area contributed by atoms with Crippen LogP contribution in [0.5, 0.6) is 0 Å². The number of benzene rings is 1. The number of hydrogen-bond acceptors (Lipinski definition) is 3. The Kier molecular flexibility index (Phi) is 5.71. The molecule has 23 heavy (non-hydrogen) atoms. The van der Waals surface area contributed by atoms with Gasteiger partial charge in [-0.1, -0.05) is 51.8 Å². The van der Waals surface area contributed by atoms with E-state index in [0.29, 0.717) is 6.04 Å². The first-order chi connectivity index (χ1) is 11.0. The summed E-state index contributed by atoms with van der Waals surface area (Å²) in [6, 6.07) is 9.81. The first kappa shape index (κ1) is 17.3. The van der Waals surface area contributed by atoms with Gasteiger partial charge in [-0.15, -0.1) is 11.8 Å². The van der Waals surface area contributed by atoms with E-state index in [1.807, 2.05) is 11.8 Å². The summed E-state index contributed by atoms with van der Waals surface area (Å²) in [6.45, 7) is 11.6. The van der Waals surface area contributed by atoms with E-state index in [2.05, 4.69) is 55.3 Å². The van der Waals surface area contributed by atoms with Gasteiger partial charge in [0.15, 0.2) is 0 Å². The lowest BCUT2D eigenvalue weighted by molar-refractivity contribution is 0.123. The maximum Gasteiger partial charge on any atom is 0.0388 e.